The summed E-state index contributed by atoms with van der Waals surface area (Å²) in [6, 6.07) is 12.9. The van der Waals surface area contributed by atoms with Crippen molar-refractivity contribution in [1.29, 1.82) is 0 Å². The third-order valence-corrected chi connectivity index (χ3v) is 6.27. The molecule has 0 saturated heterocycles. The highest BCUT2D eigenvalue weighted by Crippen LogP contribution is 2.39. The second-order valence-corrected chi connectivity index (χ2v) is 9.01. The Labute approximate surface area is 203 Å². The topological polar surface area (TPSA) is 90.3 Å². The van der Waals surface area contributed by atoms with Gasteiger partial charge in [0, 0.05) is 11.4 Å². The highest BCUT2D eigenvalue weighted by molar-refractivity contribution is 7.99. The lowest BCUT2D eigenvalue weighted by molar-refractivity contribution is -0.113. The maximum absolute atomic E-state index is 13.6. The molecule has 2 N–H and O–H groups in total. The smallest absolute Gasteiger partial charge is 0.255 e. The van der Waals surface area contributed by atoms with Crippen molar-refractivity contribution in [1.82, 2.24) is 14.8 Å². The first kappa shape index (κ1) is 23.7. The summed E-state index contributed by atoms with van der Waals surface area (Å²) in [6.45, 7) is 8.36. The standard InChI is InChI=1S/C25H29N5O3S/c1-6-33-19-13-12-17(14-20(19)32-5)22-21(23(31)27-18-11-9-8-10-15(18)3)16(4)26-24-28-25(34-7-2)29-30(22)24/h8-14,22H,6-7H2,1-5H3,(H,27,31)(H,26,28,29)/t22-/m0/s1. The number of ether oxygens (including phenoxy) is 2. The summed E-state index contributed by atoms with van der Waals surface area (Å²) < 4.78 is 13.1. The molecule has 0 aliphatic carbocycles. The average Bonchev–Trinajstić information content (AvgIpc) is 3.22. The number of hydrogen-bond acceptors (Lipinski definition) is 7. The Morgan fingerprint density at radius 1 is 1.18 bits per heavy atom. The van der Waals surface area contributed by atoms with E-state index in [1.54, 1.807) is 23.6 Å². The molecule has 1 aromatic heterocycles. The predicted molar refractivity (Wildman–Crippen MR) is 135 cm³/mol. The molecule has 3 aromatic rings. The number of anilines is 2. The van der Waals surface area contributed by atoms with Crippen molar-refractivity contribution in [3.63, 3.8) is 0 Å². The number of fused-ring (bicyclic) bond motifs is 1. The van der Waals surface area contributed by atoms with E-state index in [-0.39, 0.29) is 5.91 Å². The molecule has 0 unspecified atom stereocenters. The van der Waals surface area contributed by atoms with Crippen LogP contribution >= 0.6 is 11.8 Å². The molecule has 0 bridgehead atoms. The SMILES string of the molecule is CCOc1ccc([C@H]2C(C(=O)Nc3ccccc3C)=C(C)Nc3nc(SCC)nn32)cc1OC. The first-order valence-electron chi connectivity index (χ1n) is 11.2. The zero-order chi connectivity index (χ0) is 24.2. The fraction of sp³-hybridized carbons (Fsp3) is 0.320. The van der Waals surface area contributed by atoms with E-state index < -0.39 is 6.04 Å². The Morgan fingerprint density at radius 2 is 1.97 bits per heavy atom. The van der Waals surface area contributed by atoms with Gasteiger partial charge in [-0.2, -0.15) is 4.98 Å². The first-order chi connectivity index (χ1) is 16.5. The second-order valence-electron chi connectivity index (χ2n) is 7.77. The molecule has 1 atom stereocenters. The maximum Gasteiger partial charge on any atom is 0.255 e. The highest BCUT2D eigenvalue weighted by atomic mass is 32.2. The maximum atomic E-state index is 13.6. The lowest BCUT2D eigenvalue weighted by Gasteiger charge is -2.29. The van der Waals surface area contributed by atoms with E-state index >= 15 is 0 Å². The minimum Gasteiger partial charge on any atom is -0.493 e. The molecule has 1 aliphatic rings. The molecule has 1 aliphatic heterocycles. The van der Waals surface area contributed by atoms with Gasteiger partial charge in [-0.15, -0.1) is 5.10 Å². The largest absolute Gasteiger partial charge is 0.493 e. The predicted octanol–water partition coefficient (Wildman–Crippen LogP) is 5.03. The van der Waals surface area contributed by atoms with Crippen molar-refractivity contribution in [2.45, 2.75) is 38.9 Å². The van der Waals surface area contributed by atoms with Gasteiger partial charge in [0.1, 0.15) is 6.04 Å². The zero-order valence-corrected chi connectivity index (χ0v) is 20.8. The zero-order valence-electron chi connectivity index (χ0n) is 20.0. The summed E-state index contributed by atoms with van der Waals surface area (Å²) in [5, 5.41) is 11.7. The minimum absolute atomic E-state index is 0.206. The fourth-order valence-electron chi connectivity index (χ4n) is 3.96. The molecule has 1 amide bonds. The molecule has 2 heterocycles. The van der Waals surface area contributed by atoms with Gasteiger partial charge in [0.05, 0.1) is 19.3 Å². The summed E-state index contributed by atoms with van der Waals surface area (Å²) in [4.78, 5) is 18.3. The molecule has 8 nitrogen and oxygen atoms in total. The number of allylic oxidation sites excluding steroid dienone is 1. The summed E-state index contributed by atoms with van der Waals surface area (Å²) in [5.74, 6) is 2.48. The molecule has 2 aromatic carbocycles. The number of benzene rings is 2. The van der Waals surface area contributed by atoms with Crippen molar-refractivity contribution in [3.05, 3.63) is 64.9 Å². The number of hydrogen-bond donors (Lipinski definition) is 2. The number of rotatable bonds is 8. The van der Waals surface area contributed by atoms with E-state index in [4.69, 9.17) is 14.6 Å². The Hall–Kier alpha value is -3.46. The number of methoxy groups -OCH3 is 1. The first-order valence-corrected chi connectivity index (χ1v) is 12.2. The van der Waals surface area contributed by atoms with Crippen molar-refractivity contribution in [3.8, 4) is 11.5 Å². The number of amides is 1. The van der Waals surface area contributed by atoms with Crippen molar-refractivity contribution in [2.75, 3.05) is 30.1 Å². The molecule has 9 heteroatoms. The second kappa shape index (κ2) is 10.2. The van der Waals surface area contributed by atoms with Crippen LogP contribution in [0.25, 0.3) is 0 Å². The van der Waals surface area contributed by atoms with Gasteiger partial charge in [-0.1, -0.05) is 43.0 Å². The van der Waals surface area contributed by atoms with E-state index in [1.807, 2.05) is 63.2 Å². The number of carbonyl (C=O) groups excluding carboxylic acids is 1. The third-order valence-electron chi connectivity index (χ3n) is 5.55. The Morgan fingerprint density at radius 3 is 2.68 bits per heavy atom. The van der Waals surface area contributed by atoms with Gasteiger partial charge in [-0.05, 0) is 55.9 Å². The van der Waals surface area contributed by atoms with Crippen LogP contribution in [-0.2, 0) is 4.79 Å². The molecule has 4 rings (SSSR count). The van der Waals surface area contributed by atoms with Gasteiger partial charge >= 0.3 is 0 Å². The quantitative estimate of drug-likeness (QED) is 0.438. The van der Waals surface area contributed by atoms with E-state index in [9.17, 15) is 4.79 Å². The molecule has 0 saturated carbocycles. The number of aromatic nitrogens is 3. The van der Waals surface area contributed by atoms with Gasteiger partial charge in [0.2, 0.25) is 11.1 Å². The van der Waals surface area contributed by atoms with Crippen molar-refractivity contribution in [2.24, 2.45) is 0 Å². The van der Waals surface area contributed by atoms with Crippen molar-refractivity contribution < 1.29 is 14.3 Å². The number of para-hydroxylation sites is 1. The molecular weight excluding hydrogens is 450 g/mol. The van der Waals surface area contributed by atoms with Crippen LogP contribution in [0.2, 0.25) is 0 Å². The van der Waals surface area contributed by atoms with E-state index in [0.717, 1.165) is 28.3 Å². The van der Waals surface area contributed by atoms with Crippen LogP contribution in [0.3, 0.4) is 0 Å². The fourth-order valence-corrected chi connectivity index (χ4v) is 4.51. The van der Waals surface area contributed by atoms with E-state index in [2.05, 4.69) is 22.5 Å². The summed E-state index contributed by atoms with van der Waals surface area (Å²) in [5.41, 5.74) is 3.87. The van der Waals surface area contributed by atoms with Gasteiger partial charge in [0.25, 0.3) is 5.91 Å². The molecule has 0 radical (unpaired) electrons. The van der Waals surface area contributed by atoms with Crippen molar-refractivity contribution >= 4 is 29.3 Å². The highest BCUT2D eigenvalue weighted by Gasteiger charge is 2.35. The minimum atomic E-state index is -0.497. The van der Waals surface area contributed by atoms with E-state index in [0.29, 0.717) is 34.8 Å². The molecule has 34 heavy (non-hydrogen) atoms. The summed E-state index contributed by atoms with van der Waals surface area (Å²) in [7, 11) is 1.60. The van der Waals surface area contributed by atoms with E-state index in [1.165, 1.54) is 0 Å². The van der Waals surface area contributed by atoms with Crippen LogP contribution in [0.5, 0.6) is 11.5 Å². The van der Waals surface area contributed by atoms with Gasteiger partial charge < -0.3 is 20.1 Å². The summed E-state index contributed by atoms with van der Waals surface area (Å²) >= 11 is 1.55. The normalized spacial score (nSPS) is 14.9. The van der Waals surface area contributed by atoms with Crippen LogP contribution in [0, 0.1) is 6.92 Å². The van der Waals surface area contributed by atoms with Crippen LogP contribution < -0.4 is 20.1 Å². The van der Waals surface area contributed by atoms with Crippen LogP contribution in [0.15, 0.2) is 58.9 Å². The van der Waals surface area contributed by atoms with Gasteiger partial charge in [-0.25, -0.2) is 4.68 Å². The lowest BCUT2D eigenvalue weighted by Crippen LogP contribution is -2.31. The van der Waals surface area contributed by atoms with Crippen LogP contribution in [-0.4, -0.2) is 40.1 Å². The summed E-state index contributed by atoms with van der Waals surface area (Å²) in [6.07, 6.45) is 0. The lowest BCUT2D eigenvalue weighted by atomic mass is 9.94. The number of aryl methyl sites for hydroxylation is 1. The Balaban J connectivity index is 1.81. The van der Waals surface area contributed by atoms with Crippen LogP contribution in [0.1, 0.15) is 37.9 Å². The Bertz CT molecular complexity index is 1240. The van der Waals surface area contributed by atoms with Crippen LogP contribution in [0.4, 0.5) is 11.6 Å². The number of carbonyl (C=O) groups is 1. The Kier molecular flexibility index (Phi) is 7.12. The molecule has 0 fully saturated rings. The average molecular weight is 480 g/mol. The van der Waals surface area contributed by atoms with Gasteiger partial charge in [-0.3, -0.25) is 4.79 Å². The molecule has 0 spiro atoms. The monoisotopic (exact) mass is 479 g/mol. The molecule has 178 valence electrons. The number of thioether (sulfide) groups is 1. The molecular formula is C25H29N5O3S. The number of nitrogens with zero attached hydrogens (tertiary/aromatic N) is 3. The number of nitrogens with one attached hydrogen (secondary N) is 2. The third kappa shape index (κ3) is 4.61. The van der Waals surface area contributed by atoms with Gasteiger partial charge in [0.15, 0.2) is 11.5 Å².